The molecule has 0 N–H and O–H groups in total. The van der Waals surface area contributed by atoms with E-state index < -0.39 is 0 Å². The summed E-state index contributed by atoms with van der Waals surface area (Å²) in [5.41, 5.74) is 2.08. The number of carbonyl (C=O) groups is 1. The highest BCUT2D eigenvalue weighted by Crippen LogP contribution is 2.37. The molecule has 0 saturated carbocycles. The highest BCUT2D eigenvalue weighted by Gasteiger charge is 2.34. The van der Waals surface area contributed by atoms with Crippen molar-refractivity contribution in [1.29, 1.82) is 0 Å². The molecule has 1 atom stereocenters. The Kier molecular flexibility index (Phi) is 2.53. The lowest BCUT2D eigenvalue weighted by Gasteiger charge is -2.26. The summed E-state index contributed by atoms with van der Waals surface area (Å²) in [6.45, 7) is 8.91. The van der Waals surface area contributed by atoms with Crippen molar-refractivity contribution in [1.82, 2.24) is 0 Å². The standard InChI is InChI=1S/C14H19NO/c1-10-9-15(13(16)14(2,3)4)12-8-6-5-7-11(10)12/h5-8,10H,9H2,1-4H3. The molecule has 1 heterocycles. The minimum absolute atomic E-state index is 0.212. The van der Waals surface area contributed by atoms with Gasteiger partial charge < -0.3 is 4.90 Å². The van der Waals surface area contributed by atoms with Crippen molar-refractivity contribution in [2.24, 2.45) is 5.41 Å². The van der Waals surface area contributed by atoms with Crippen molar-refractivity contribution in [3.05, 3.63) is 29.8 Å². The number of rotatable bonds is 0. The van der Waals surface area contributed by atoms with E-state index in [1.807, 2.05) is 43.9 Å². The summed E-state index contributed by atoms with van der Waals surface area (Å²) in [6, 6.07) is 8.21. The summed E-state index contributed by atoms with van der Waals surface area (Å²) < 4.78 is 0. The third-order valence-corrected chi connectivity index (χ3v) is 3.10. The largest absolute Gasteiger partial charge is 0.311 e. The second-order valence-corrected chi connectivity index (χ2v) is 5.63. The summed E-state index contributed by atoms with van der Waals surface area (Å²) in [6.07, 6.45) is 0. The third kappa shape index (κ3) is 1.73. The van der Waals surface area contributed by atoms with Crippen LogP contribution in [0.5, 0.6) is 0 Å². The maximum absolute atomic E-state index is 12.3. The number of amides is 1. The van der Waals surface area contributed by atoms with E-state index in [1.165, 1.54) is 5.56 Å². The lowest BCUT2D eigenvalue weighted by molar-refractivity contribution is -0.125. The highest BCUT2D eigenvalue weighted by atomic mass is 16.2. The molecular formula is C14H19NO. The molecule has 0 spiro atoms. The van der Waals surface area contributed by atoms with E-state index in [9.17, 15) is 4.79 Å². The highest BCUT2D eigenvalue weighted by molar-refractivity contribution is 5.99. The van der Waals surface area contributed by atoms with Crippen molar-refractivity contribution in [3.63, 3.8) is 0 Å². The minimum Gasteiger partial charge on any atom is -0.311 e. The van der Waals surface area contributed by atoms with Crippen LogP contribution in [0.2, 0.25) is 0 Å². The number of anilines is 1. The van der Waals surface area contributed by atoms with Crippen LogP contribution in [0.4, 0.5) is 5.69 Å². The number of hydrogen-bond donors (Lipinski definition) is 0. The molecule has 0 aromatic heterocycles. The van der Waals surface area contributed by atoms with Gasteiger partial charge in [0.15, 0.2) is 0 Å². The van der Waals surface area contributed by atoms with Crippen molar-refractivity contribution in [3.8, 4) is 0 Å². The number of carbonyl (C=O) groups excluding carboxylic acids is 1. The molecule has 2 heteroatoms. The SMILES string of the molecule is CC1CN(C(=O)C(C)(C)C)c2ccccc21. The van der Waals surface area contributed by atoms with E-state index in [2.05, 4.69) is 13.0 Å². The first-order chi connectivity index (χ1) is 7.41. The van der Waals surface area contributed by atoms with E-state index in [1.54, 1.807) is 0 Å². The summed E-state index contributed by atoms with van der Waals surface area (Å²) in [7, 11) is 0. The monoisotopic (exact) mass is 217 g/mol. The maximum atomic E-state index is 12.3. The van der Waals surface area contributed by atoms with Crippen LogP contribution in [0, 0.1) is 5.41 Å². The predicted octanol–water partition coefficient (Wildman–Crippen LogP) is 3.18. The van der Waals surface area contributed by atoms with Gasteiger partial charge in [-0.2, -0.15) is 0 Å². The Hall–Kier alpha value is -1.31. The van der Waals surface area contributed by atoms with Gasteiger partial charge in [0.2, 0.25) is 5.91 Å². The third-order valence-electron chi connectivity index (χ3n) is 3.10. The second-order valence-electron chi connectivity index (χ2n) is 5.63. The quantitative estimate of drug-likeness (QED) is 0.653. The zero-order valence-electron chi connectivity index (χ0n) is 10.4. The molecule has 1 aromatic carbocycles. The van der Waals surface area contributed by atoms with Crippen molar-refractivity contribution in [2.75, 3.05) is 11.4 Å². The average molecular weight is 217 g/mol. The van der Waals surface area contributed by atoms with Crippen LogP contribution in [-0.2, 0) is 4.79 Å². The number of fused-ring (bicyclic) bond motifs is 1. The molecule has 0 radical (unpaired) electrons. The topological polar surface area (TPSA) is 20.3 Å². The first-order valence-corrected chi connectivity index (χ1v) is 5.82. The second kappa shape index (κ2) is 3.62. The van der Waals surface area contributed by atoms with Gasteiger partial charge in [0.25, 0.3) is 0 Å². The fourth-order valence-corrected chi connectivity index (χ4v) is 2.22. The fourth-order valence-electron chi connectivity index (χ4n) is 2.22. The molecule has 86 valence electrons. The van der Waals surface area contributed by atoms with E-state index in [0.717, 1.165) is 12.2 Å². The van der Waals surface area contributed by atoms with Gasteiger partial charge in [0.05, 0.1) is 0 Å². The van der Waals surface area contributed by atoms with E-state index in [4.69, 9.17) is 0 Å². The molecule has 16 heavy (non-hydrogen) atoms. The Morgan fingerprint density at radius 1 is 1.31 bits per heavy atom. The maximum Gasteiger partial charge on any atom is 0.232 e. The number of para-hydroxylation sites is 1. The van der Waals surface area contributed by atoms with Crippen molar-refractivity contribution < 1.29 is 4.79 Å². The van der Waals surface area contributed by atoms with Crippen LogP contribution in [0.25, 0.3) is 0 Å². The van der Waals surface area contributed by atoms with Gasteiger partial charge >= 0.3 is 0 Å². The Labute approximate surface area is 97.3 Å². The van der Waals surface area contributed by atoms with Crippen molar-refractivity contribution in [2.45, 2.75) is 33.6 Å². The predicted molar refractivity (Wildman–Crippen MR) is 66.7 cm³/mol. The molecule has 1 aliphatic heterocycles. The van der Waals surface area contributed by atoms with E-state index in [0.29, 0.717) is 5.92 Å². The minimum atomic E-state index is -0.308. The first-order valence-electron chi connectivity index (χ1n) is 5.82. The van der Waals surface area contributed by atoms with Crippen LogP contribution < -0.4 is 4.90 Å². The fraction of sp³-hybridized carbons (Fsp3) is 0.500. The lowest BCUT2D eigenvalue weighted by Crippen LogP contribution is -2.38. The van der Waals surface area contributed by atoms with Crippen LogP contribution in [-0.4, -0.2) is 12.5 Å². The van der Waals surface area contributed by atoms with Gasteiger partial charge in [-0.1, -0.05) is 45.9 Å². The van der Waals surface area contributed by atoms with Gasteiger partial charge in [-0.05, 0) is 11.6 Å². The molecule has 1 unspecified atom stereocenters. The van der Waals surface area contributed by atoms with Gasteiger partial charge in [-0.25, -0.2) is 0 Å². The molecule has 0 bridgehead atoms. The van der Waals surface area contributed by atoms with Crippen molar-refractivity contribution >= 4 is 11.6 Å². The van der Waals surface area contributed by atoms with Gasteiger partial charge in [0.1, 0.15) is 0 Å². The van der Waals surface area contributed by atoms with Gasteiger partial charge in [0, 0.05) is 23.6 Å². The summed E-state index contributed by atoms with van der Waals surface area (Å²) >= 11 is 0. The Morgan fingerprint density at radius 2 is 1.94 bits per heavy atom. The van der Waals surface area contributed by atoms with Gasteiger partial charge in [-0.3, -0.25) is 4.79 Å². The van der Waals surface area contributed by atoms with Crippen LogP contribution in [0.15, 0.2) is 24.3 Å². The molecule has 1 aromatic rings. The molecule has 0 aliphatic carbocycles. The number of nitrogens with zero attached hydrogens (tertiary/aromatic N) is 1. The Balaban J connectivity index is 2.38. The normalized spacial score (nSPS) is 19.8. The Bertz CT molecular complexity index is 417. The van der Waals surface area contributed by atoms with Crippen LogP contribution in [0.3, 0.4) is 0 Å². The number of benzene rings is 1. The lowest BCUT2D eigenvalue weighted by atomic mass is 9.94. The molecule has 2 rings (SSSR count). The van der Waals surface area contributed by atoms with E-state index in [-0.39, 0.29) is 11.3 Å². The average Bonchev–Trinajstić information content (AvgIpc) is 2.55. The smallest absolute Gasteiger partial charge is 0.232 e. The summed E-state index contributed by atoms with van der Waals surface area (Å²) in [4.78, 5) is 14.2. The summed E-state index contributed by atoms with van der Waals surface area (Å²) in [5, 5.41) is 0. The molecule has 1 amide bonds. The zero-order chi connectivity index (χ0) is 11.9. The molecule has 2 nitrogen and oxygen atoms in total. The first kappa shape index (κ1) is 11.2. The zero-order valence-corrected chi connectivity index (χ0v) is 10.4. The van der Waals surface area contributed by atoms with E-state index >= 15 is 0 Å². The molecule has 0 saturated heterocycles. The molecular weight excluding hydrogens is 198 g/mol. The van der Waals surface area contributed by atoms with Crippen LogP contribution >= 0.6 is 0 Å². The molecule has 0 fully saturated rings. The molecule has 1 aliphatic rings. The van der Waals surface area contributed by atoms with Gasteiger partial charge in [-0.15, -0.1) is 0 Å². The Morgan fingerprint density at radius 3 is 2.56 bits per heavy atom. The summed E-state index contributed by atoms with van der Waals surface area (Å²) in [5.74, 6) is 0.659. The number of hydrogen-bond acceptors (Lipinski definition) is 1. The van der Waals surface area contributed by atoms with Crippen LogP contribution in [0.1, 0.15) is 39.2 Å².